The van der Waals surface area contributed by atoms with Crippen LogP contribution in [0.3, 0.4) is 0 Å². The van der Waals surface area contributed by atoms with Crippen LogP contribution in [0.25, 0.3) is 0 Å². The molecule has 0 aromatic heterocycles. The molecule has 0 heterocycles. The molecule has 2 rings (SSSR count). The molecule has 0 spiro atoms. The topological polar surface area (TPSA) is 9.23 Å². The first-order valence-corrected chi connectivity index (χ1v) is 5.27. The van der Waals surface area contributed by atoms with Crippen molar-refractivity contribution in [3.63, 3.8) is 0 Å². The molecule has 0 amide bonds. The van der Waals surface area contributed by atoms with E-state index in [1.54, 1.807) is 18.2 Å². The summed E-state index contributed by atoms with van der Waals surface area (Å²) in [6.45, 7) is 0.493. The monoisotopic (exact) mass is 226 g/mol. The van der Waals surface area contributed by atoms with Crippen LogP contribution in [0.2, 0.25) is 0 Å². The second kappa shape index (κ2) is 5.72. The Bertz CT molecular complexity index is 538. The summed E-state index contributed by atoms with van der Waals surface area (Å²) < 4.78 is 17.4. The van der Waals surface area contributed by atoms with Crippen LogP contribution in [-0.2, 0) is 6.61 Å². The molecule has 2 aromatic carbocycles. The van der Waals surface area contributed by atoms with Gasteiger partial charge in [-0.1, -0.05) is 36.4 Å². The molecule has 0 atom stereocenters. The van der Waals surface area contributed by atoms with Crippen molar-refractivity contribution in [1.82, 2.24) is 0 Å². The lowest BCUT2D eigenvalue weighted by atomic mass is 10.2. The van der Waals surface area contributed by atoms with Crippen molar-refractivity contribution >= 4 is 0 Å². The van der Waals surface area contributed by atoms with E-state index in [0.717, 1.165) is 5.56 Å². The molecule has 0 unspecified atom stereocenters. The van der Waals surface area contributed by atoms with Crippen molar-refractivity contribution in [3.05, 3.63) is 65.7 Å². The third-order valence-corrected chi connectivity index (χ3v) is 2.27. The molecule has 0 saturated carbocycles. The van der Waals surface area contributed by atoms with Crippen LogP contribution < -0.4 is 4.74 Å². The third kappa shape index (κ3) is 3.35. The fraction of sp³-hybridized carbons (Fsp3) is 0.0667. The lowest BCUT2D eigenvalue weighted by molar-refractivity contribution is 0.306. The van der Waals surface area contributed by atoms with Crippen LogP contribution >= 0.6 is 0 Å². The Morgan fingerprint density at radius 1 is 1.00 bits per heavy atom. The van der Waals surface area contributed by atoms with Crippen LogP contribution in [-0.4, -0.2) is 0 Å². The highest BCUT2D eigenvalue weighted by Gasteiger charge is 1.96. The molecule has 0 fully saturated rings. The van der Waals surface area contributed by atoms with E-state index < -0.39 is 0 Å². The Morgan fingerprint density at radius 2 is 1.82 bits per heavy atom. The highest BCUT2D eigenvalue weighted by Crippen LogP contribution is 2.14. The zero-order valence-electron chi connectivity index (χ0n) is 9.19. The molecule has 84 valence electrons. The number of hydrogen-bond donors (Lipinski definition) is 0. The average Bonchev–Trinajstić information content (AvgIpc) is 2.39. The molecular weight excluding hydrogens is 215 g/mol. The van der Waals surface area contributed by atoms with Crippen molar-refractivity contribution in [3.8, 4) is 17.8 Å². The van der Waals surface area contributed by atoms with Gasteiger partial charge in [0.1, 0.15) is 18.5 Å². The van der Waals surface area contributed by atoms with Crippen molar-refractivity contribution in [2.24, 2.45) is 0 Å². The molecule has 17 heavy (non-hydrogen) atoms. The Labute approximate surface area is 99.9 Å². The molecule has 1 nitrogen and oxygen atoms in total. The molecule has 0 N–H and O–H groups in total. The van der Waals surface area contributed by atoms with Gasteiger partial charge in [-0.3, -0.25) is 0 Å². The SMILES string of the molecule is FC#Cc1cccc(OCc2ccccc2)c1. The van der Waals surface area contributed by atoms with Crippen LogP contribution in [0.15, 0.2) is 54.6 Å². The van der Waals surface area contributed by atoms with Gasteiger partial charge in [-0.05, 0) is 29.7 Å². The normalized spacial score (nSPS) is 9.24. The van der Waals surface area contributed by atoms with Gasteiger partial charge in [0.2, 0.25) is 0 Å². The maximum absolute atomic E-state index is 11.9. The van der Waals surface area contributed by atoms with E-state index in [1.807, 2.05) is 36.4 Å². The first-order valence-electron chi connectivity index (χ1n) is 5.27. The second-order valence-corrected chi connectivity index (χ2v) is 3.52. The summed E-state index contributed by atoms with van der Waals surface area (Å²) in [5, 5.41) is 0. The van der Waals surface area contributed by atoms with E-state index in [-0.39, 0.29) is 0 Å². The van der Waals surface area contributed by atoms with Crippen LogP contribution in [0.1, 0.15) is 11.1 Å². The smallest absolute Gasteiger partial charge is 0.121 e. The molecule has 2 heteroatoms. The van der Waals surface area contributed by atoms with Gasteiger partial charge < -0.3 is 4.74 Å². The Morgan fingerprint density at radius 3 is 2.59 bits per heavy atom. The summed E-state index contributed by atoms with van der Waals surface area (Å²) in [6.07, 6.45) is 1.38. The lowest BCUT2D eigenvalue weighted by Gasteiger charge is -2.06. The first-order chi connectivity index (χ1) is 8.38. The minimum Gasteiger partial charge on any atom is -0.489 e. The fourth-order valence-corrected chi connectivity index (χ4v) is 1.46. The molecule has 2 aromatic rings. The molecule has 0 saturated heterocycles. The number of halogens is 1. The molecule has 0 aliphatic heterocycles. The lowest BCUT2D eigenvalue weighted by Crippen LogP contribution is -1.94. The van der Waals surface area contributed by atoms with Crippen molar-refractivity contribution in [2.75, 3.05) is 0 Å². The minimum atomic E-state index is 0.493. The summed E-state index contributed by atoms with van der Waals surface area (Å²) in [6, 6.07) is 16.9. The van der Waals surface area contributed by atoms with Gasteiger partial charge in [-0.15, -0.1) is 4.39 Å². The Balaban J connectivity index is 2.03. The fourth-order valence-electron chi connectivity index (χ4n) is 1.46. The van der Waals surface area contributed by atoms with Gasteiger partial charge in [0.15, 0.2) is 0 Å². The number of benzene rings is 2. The largest absolute Gasteiger partial charge is 0.489 e. The predicted octanol–water partition coefficient (Wildman–Crippen LogP) is 3.54. The van der Waals surface area contributed by atoms with Crippen LogP contribution in [0.5, 0.6) is 5.75 Å². The van der Waals surface area contributed by atoms with Crippen LogP contribution in [0.4, 0.5) is 4.39 Å². The van der Waals surface area contributed by atoms with Crippen molar-refractivity contribution in [2.45, 2.75) is 6.61 Å². The first kappa shape index (κ1) is 11.2. The molecule has 0 radical (unpaired) electrons. The molecular formula is C15H11FO. The highest BCUT2D eigenvalue weighted by atomic mass is 19.1. The van der Waals surface area contributed by atoms with Gasteiger partial charge in [0.05, 0.1) is 0 Å². The average molecular weight is 226 g/mol. The van der Waals surface area contributed by atoms with E-state index in [1.165, 1.54) is 6.17 Å². The maximum atomic E-state index is 11.9. The summed E-state index contributed by atoms with van der Waals surface area (Å²) in [5.74, 6) is 3.04. The minimum absolute atomic E-state index is 0.493. The van der Waals surface area contributed by atoms with E-state index >= 15 is 0 Å². The van der Waals surface area contributed by atoms with Crippen molar-refractivity contribution < 1.29 is 9.13 Å². The van der Waals surface area contributed by atoms with Gasteiger partial charge >= 0.3 is 0 Å². The number of hydrogen-bond acceptors (Lipinski definition) is 1. The predicted molar refractivity (Wildman–Crippen MR) is 65.2 cm³/mol. The Kier molecular flexibility index (Phi) is 3.77. The van der Waals surface area contributed by atoms with E-state index in [2.05, 4.69) is 5.92 Å². The van der Waals surface area contributed by atoms with E-state index in [4.69, 9.17) is 4.74 Å². The summed E-state index contributed by atoms with van der Waals surface area (Å²) in [7, 11) is 0. The van der Waals surface area contributed by atoms with Gasteiger partial charge in [-0.25, -0.2) is 0 Å². The van der Waals surface area contributed by atoms with Crippen molar-refractivity contribution in [1.29, 1.82) is 0 Å². The molecule has 0 aliphatic rings. The molecule has 0 bridgehead atoms. The highest BCUT2D eigenvalue weighted by molar-refractivity contribution is 5.39. The third-order valence-electron chi connectivity index (χ3n) is 2.27. The maximum Gasteiger partial charge on any atom is 0.121 e. The summed E-state index contributed by atoms with van der Waals surface area (Å²) >= 11 is 0. The Hall–Kier alpha value is -2.27. The zero-order valence-corrected chi connectivity index (χ0v) is 9.19. The van der Waals surface area contributed by atoms with E-state index in [9.17, 15) is 4.39 Å². The second-order valence-electron chi connectivity index (χ2n) is 3.52. The number of rotatable bonds is 3. The quantitative estimate of drug-likeness (QED) is 0.727. The number of ether oxygens (including phenoxy) is 1. The summed E-state index contributed by atoms with van der Waals surface area (Å²) in [4.78, 5) is 0. The van der Waals surface area contributed by atoms with Gasteiger partial charge in [0.25, 0.3) is 0 Å². The summed E-state index contributed by atoms with van der Waals surface area (Å²) in [5.41, 5.74) is 1.70. The van der Waals surface area contributed by atoms with E-state index in [0.29, 0.717) is 17.9 Å². The van der Waals surface area contributed by atoms with Crippen LogP contribution in [0, 0.1) is 12.1 Å². The zero-order chi connectivity index (χ0) is 11.9. The molecule has 0 aliphatic carbocycles. The standard InChI is InChI=1S/C15H11FO/c16-10-9-13-7-4-8-15(11-13)17-12-14-5-2-1-3-6-14/h1-8,11H,12H2. The van der Waals surface area contributed by atoms with Gasteiger partial charge in [-0.2, -0.15) is 0 Å². The van der Waals surface area contributed by atoms with Gasteiger partial charge in [0, 0.05) is 5.56 Å².